The normalized spacial score (nSPS) is 12.5. The van der Waals surface area contributed by atoms with Gasteiger partial charge in [-0.05, 0) is 13.0 Å². The Kier molecular flexibility index (Phi) is 5.49. The molecule has 1 rings (SSSR count). The summed E-state index contributed by atoms with van der Waals surface area (Å²) in [5, 5.41) is 17.8. The molecule has 1 aromatic rings. The summed E-state index contributed by atoms with van der Waals surface area (Å²) in [6.07, 6.45) is -0.723. The zero-order chi connectivity index (χ0) is 12.8. The predicted molar refractivity (Wildman–Crippen MR) is 64.4 cm³/mol. The van der Waals surface area contributed by atoms with Crippen LogP contribution in [0.4, 0.5) is 0 Å². The van der Waals surface area contributed by atoms with Crippen molar-refractivity contribution in [2.24, 2.45) is 5.84 Å². The second-order valence-electron chi connectivity index (χ2n) is 3.52. The van der Waals surface area contributed by atoms with E-state index in [1.165, 1.54) is 11.8 Å². The van der Waals surface area contributed by atoms with E-state index in [1.807, 2.05) is 5.43 Å². The average Bonchev–Trinajstić information content (AvgIpc) is 2.69. The average molecular weight is 260 g/mol. The van der Waals surface area contributed by atoms with Crippen molar-refractivity contribution in [3.63, 3.8) is 0 Å². The van der Waals surface area contributed by atoms with Gasteiger partial charge in [-0.3, -0.25) is 10.2 Å². The minimum Gasteiger partial charge on any atom is -0.456 e. The van der Waals surface area contributed by atoms with Gasteiger partial charge in [-0.25, -0.2) is 5.84 Å². The molecule has 0 aromatic carbocycles. The third-order valence-electron chi connectivity index (χ3n) is 2.15. The monoisotopic (exact) mass is 260 g/mol. The Hall–Kier alpha value is -1.02. The molecule has 1 heterocycles. The number of hydrogen-bond donors (Lipinski definition) is 4. The highest BCUT2D eigenvalue weighted by molar-refractivity contribution is 7.98. The number of carbonyl (C=O) groups is 1. The molecule has 5 N–H and O–H groups in total. The number of rotatable bonds is 6. The largest absolute Gasteiger partial charge is 0.456 e. The molecular weight excluding hydrogens is 244 g/mol. The standard InChI is InChI=1S/C10H16N2O4S/c1-6-7(4-17-5-8(14)3-13)2-9(16-6)10(15)12-11/h2,8,13-14H,3-5,11H2,1H3,(H,12,15). The van der Waals surface area contributed by atoms with Crippen LogP contribution in [0, 0.1) is 6.92 Å². The zero-order valence-corrected chi connectivity index (χ0v) is 10.3. The lowest BCUT2D eigenvalue weighted by atomic mass is 10.3. The molecule has 7 heteroatoms. The van der Waals surface area contributed by atoms with Crippen molar-refractivity contribution in [1.29, 1.82) is 0 Å². The number of thioether (sulfide) groups is 1. The van der Waals surface area contributed by atoms with Gasteiger partial charge in [0.15, 0.2) is 5.76 Å². The first-order valence-corrected chi connectivity index (χ1v) is 6.20. The third kappa shape index (κ3) is 4.04. The summed E-state index contributed by atoms with van der Waals surface area (Å²) in [6, 6.07) is 1.62. The van der Waals surface area contributed by atoms with Crippen LogP contribution in [0.1, 0.15) is 21.9 Å². The van der Waals surface area contributed by atoms with Gasteiger partial charge in [0.1, 0.15) is 5.76 Å². The first-order chi connectivity index (χ1) is 8.08. The molecule has 96 valence electrons. The topological polar surface area (TPSA) is 109 Å². The maximum Gasteiger partial charge on any atom is 0.300 e. The lowest BCUT2D eigenvalue weighted by molar-refractivity contribution is 0.0924. The molecule has 0 spiro atoms. The summed E-state index contributed by atoms with van der Waals surface area (Å²) >= 11 is 1.45. The van der Waals surface area contributed by atoms with E-state index in [1.54, 1.807) is 13.0 Å². The molecule has 0 radical (unpaired) electrons. The molecule has 1 aromatic heterocycles. The number of carbonyl (C=O) groups excluding carboxylic acids is 1. The summed E-state index contributed by atoms with van der Waals surface area (Å²) in [5.41, 5.74) is 2.87. The molecule has 17 heavy (non-hydrogen) atoms. The van der Waals surface area contributed by atoms with Crippen LogP contribution < -0.4 is 11.3 Å². The quantitative estimate of drug-likeness (QED) is 0.320. The first kappa shape index (κ1) is 14.0. The highest BCUT2D eigenvalue weighted by atomic mass is 32.2. The summed E-state index contributed by atoms with van der Waals surface area (Å²) in [5.74, 6) is 6.37. The van der Waals surface area contributed by atoms with Crippen LogP contribution in [0.5, 0.6) is 0 Å². The van der Waals surface area contributed by atoms with Crippen LogP contribution in [-0.4, -0.2) is 34.6 Å². The molecule has 1 amide bonds. The van der Waals surface area contributed by atoms with Crippen molar-refractivity contribution in [1.82, 2.24) is 5.43 Å². The van der Waals surface area contributed by atoms with Crippen molar-refractivity contribution >= 4 is 17.7 Å². The van der Waals surface area contributed by atoms with Gasteiger partial charge in [0.25, 0.3) is 0 Å². The fourth-order valence-corrected chi connectivity index (χ4v) is 2.21. The molecule has 0 aliphatic carbocycles. The van der Waals surface area contributed by atoms with Crippen molar-refractivity contribution < 1.29 is 19.4 Å². The molecule has 0 fully saturated rings. The van der Waals surface area contributed by atoms with Crippen molar-refractivity contribution in [2.45, 2.75) is 18.8 Å². The second-order valence-corrected chi connectivity index (χ2v) is 4.55. The van der Waals surface area contributed by atoms with Crippen LogP contribution in [-0.2, 0) is 5.75 Å². The van der Waals surface area contributed by atoms with Crippen LogP contribution in [0.2, 0.25) is 0 Å². The van der Waals surface area contributed by atoms with E-state index in [0.717, 1.165) is 5.56 Å². The molecule has 1 atom stereocenters. The maximum atomic E-state index is 11.2. The Balaban J connectivity index is 2.54. The maximum absolute atomic E-state index is 11.2. The van der Waals surface area contributed by atoms with Crippen LogP contribution >= 0.6 is 11.8 Å². The van der Waals surface area contributed by atoms with E-state index in [0.29, 0.717) is 17.3 Å². The molecule has 0 bridgehead atoms. The summed E-state index contributed by atoms with van der Waals surface area (Å²) in [4.78, 5) is 11.2. The fraction of sp³-hybridized carbons (Fsp3) is 0.500. The van der Waals surface area contributed by atoms with Crippen molar-refractivity contribution in [3.8, 4) is 0 Å². The SMILES string of the molecule is Cc1oc(C(=O)NN)cc1CSCC(O)CO. The second kappa shape index (κ2) is 6.65. The van der Waals surface area contributed by atoms with Gasteiger partial charge in [0, 0.05) is 17.1 Å². The summed E-state index contributed by atoms with van der Waals surface area (Å²) < 4.78 is 5.23. The number of nitrogens with one attached hydrogen (secondary N) is 1. The molecule has 0 saturated carbocycles. The van der Waals surface area contributed by atoms with E-state index < -0.39 is 12.0 Å². The van der Waals surface area contributed by atoms with Gasteiger partial charge >= 0.3 is 5.91 Å². The number of nitrogens with two attached hydrogens (primary N) is 1. The van der Waals surface area contributed by atoms with E-state index in [9.17, 15) is 4.79 Å². The van der Waals surface area contributed by atoms with Crippen LogP contribution in [0.3, 0.4) is 0 Å². The Labute approximate surface area is 103 Å². The van der Waals surface area contributed by atoms with E-state index in [2.05, 4.69) is 0 Å². The van der Waals surface area contributed by atoms with E-state index >= 15 is 0 Å². The first-order valence-electron chi connectivity index (χ1n) is 5.05. The minimum absolute atomic E-state index is 0.170. The number of aliphatic hydroxyl groups excluding tert-OH is 2. The number of amides is 1. The van der Waals surface area contributed by atoms with Gasteiger partial charge in [-0.1, -0.05) is 0 Å². The highest BCUT2D eigenvalue weighted by Gasteiger charge is 2.13. The highest BCUT2D eigenvalue weighted by Crippen LogP contribution is 2.20. The van der Waals surface area contributed by atoms with E-state index in [-0.39, 0.29) is 12.4 Å². The van der Waals surface area contributed by atoms with Gasteiger partial charge in [0.05, 0.1) is 12.7 Å². The molecule has 6 nitrogen and oxygen atoms in total. The predicted octanol–water partition coefficient (Wildman–Crippen LogP) is -0.222. The van der Waals surface area contributed by atoms with Crippen LogP contribution in [0.15, 0.2) is 10.5 Å². The molecule has 0 saturated heterocycles. The molecule has 0 aliphatic rings. The van der Waals surface area contributed by atoms with Gasteiger partial charge < -0.3 is 14.6 Å². The Bertz CT molecular complexity index is 380. The smallest absolute Gasteiger partial charge is 0.300 e. The fourth-order valence-electron chi connectivity index (χ4n) is 1.20. The minimum atomic E-state index is -0.723. The lowest BCUT2D eigenvalue weighted by Crippen LogP contribution is -2.29. The number of furan rings is 1. The zero-order valence-electron chi connectivity index (χ0n) is 9.47. The molecule has 0 aliphatic heterocycles. The van der Waals surface area contributed by atoms with Crippen molar-refractivity contribution in [2.75, 3.05) is 12.4 Å². The number of aliphatic hydroxyl groups is 2. The number of hydrogen-bond acceptors (Lipinski definition) is 6. The molecular formula is C10H16N2O4S. The van der Waals surface area contributed by atoms with E-state index in [4.69, 9.17) is 20.5 Å². The Morgan fingerprint density at radius 3 is 3.00 bits per heavy atom. The molecule has 1 unspecified atom stereocenters. The summed E-state index contributed by atoms with van der Waals surface area (Å²) in [6.45, 7) is 1.50. The van der Waals surface area contributed by atoms with Crippen molar-refractivity contribution in [3.05, 3.63) is 23.2 Å². The Morgan fingerprint density at radius 2 is 2.41 bits per heavy atom. The number of aryl methyl sites for hydroxylation is 1. The lowest BCUT2D eigenvalue weighted by Gasteiger charge is -2.05. The third-order valence-corrected chi connectivity index (χ3v) is 3.29. The number of hydrazine groups is 1. The van der Waals surface area contributed by atoms with Gasteiger partial charge in [0.2, 0.25) is 0 Å². The Morgan fingerprint density at radius 1 is 1.71 bits per heavy atom. The van der Waals surface area contributed by atoms with Gasteiger partial charge in [-0.2, -0.15) is 11.8 Å². The van der Waals surface area contributed by atoms with Gasteiger partial charge in [-0.15, -0.1) is 0 Å². The van der Waals surface area contributed by atoms with Crippen LogP contribution in [0.25, 0.3) is 0 Å². The number of nitrogen functional groups attached to an aromatic ring is 1. The summed E-state index contributed by atoms with van der Waals surface area (Å²) in [7, 11) is 0.